The molecule has 1 aromatic rings. The summed E-state index contributed by atoms with van der Waals surface area (Å²) in [6, 6.07) is 0. The van der Waals surface area contributed by atoms with E-state index in [4.69, 9.17) is 15.2 Å². The van der Waals surface area contributed by atoms with Gasteiger partial charge < -0.3 is 15.2 Å². The molecule has 1 rings (SSSR count). The minimum absolute atomic E-state index is 0.658. The van der Waals surface area contributed by atoms with Gasteiger partial charge in [-0.15, -0.1) is 0 Å². The van der Waals surface area contributed by atoms with E-state index in [-0.39, 0.29) is 0 Å². The van der Waals surface area contributed by atoms with Crippen molar-refractivity contribution in [2.24, 2.45) is 0 Å². The minimum atomic E-state index is 0.658. The molecule has 0 amide bonds. The van der Waals surface area contributed by atoms with E-state index >= 15 is 0 Å². The van der Waals surface area contributed by atoms with Crippen molar-refractivity contribution in [3.05, 3.63) is 11.9 Å². The highest BCUT2D eigenvalue weighted by atomic mass is 16.5. The van der Waals surface area contributed by atoms with Crippen LogP contribution in [-0.2, 0) is 16.0 Å². The fraction of sp³-hybridized carbons (Fsp3) is 0.700. The van der Waals surface area contributed by atoms with Crippen molar-refractivity contribution in [3.63, 3.8) is 0 Å². The van der Waals surface area contributed by atoms with Crippen LogP contribution < -0.4 is 5.73 Å². The highest BCUT2D eigenvalue weighted by Gasteiger charge is 2.01. The summed E-state index contributed by atoms with van der Waals surface area (Å²) in [4.78, 5) is 0. The Morgan fingerprint density at radius 2 is 2.20 bits per heavy atom. The van der Waals surface area contributed by atoms with Gasteiger partial charge in [-0.05, 0) is 13.3 Å². The number of ether oxygens (including phenoxy) is 2. The van der Waals surface area contributed by atoms with Gasteiger partial charge in [-0.3, -0.25) is 4.68 Å². The molecule has 86 valence electrons. The van der Waals surface area contributed by atoms with Gasteiger partial charge in [0.05, 0.1) is 30.7 Å². The molecular formula is C10H19N3O2. The maximum Gasteiger partial charge on any atom is 0.0730 e. The van der Waals surface area contributed by atoms with E-state index in [1.165, 1.54) is 0 Å². The molecule has 0 unspecified atom stereocenters. The largest absolute Gasteiger partial charge is 0.396 e. The molecule has 1 aromatic heterocycles. The number of rotatable bonds is 7. The van der Waals surface area contributed by atoms with Gasteiger partial charge in [-0.25, -0.2) is 0 Å². The number of aromatic nitrogens is 2. The quantitative estimate of drug-likeness (QED) is 0.681. The van der Waals surface area contributed by atoms with Gasteiger partial charge in [-0.2, -0.15) is 5.10 Å². The van der Waals surface area contributed by atoms with Crippen molar-refractivity contribution in [3.8, 4) is 0 Å². The molecule has 0 aliphatic heterocycles. The van der Waals surface area contributed by atoms with Crippen LogP contribution in [-0.4, -0.2) is 36.7 Å². The van der Waals surface area contributed by atoms with Gasteiger partial charge in [-0.1, -0.05) is 0 Å². The summed E-state index contributed by atoms with van der Waals surface area (Å²) in [5.74, 6) is 0. The van der Waals surface area contributed by atoms with Crippen LogP contribution in [0.2, 0.25) is 0 Å². The summed E-state index contributed by atoms with van der Waals surface area (Å²) >= 11 is 0. The minimum Gasteiger partial charge on any atom is -0.396 e. The Hall–Kier alpha value is -1.07. The van der Waals surface area contributed by atoms with E-state index in [9.17, 15) is 0 Å². The third-order valence-corrected chi connectivity index (χ3v) is 2.23. The molecule has 2 N–H and O–H groups in total. The fourth-order valence-corrected chi connectivity index (χ4v) is 1.24. The van der Waals surface area contributed by atoms with Crippen molar-refractivity contribution in [1.29, 1.82) is 0 Å². The number of anilines is 1. The normalized spacial score (nSPS) is 10.8. The Kier molecular flexibility index (Phi) is 5.14. The standard InChI is InChI=1S/C10H19N3O2/c1-9-10(11)8-12-13(9)4-7-15-6-3-5-14-2/h8H,3-7,11H2,1-2H3. The third-order valence-electron chi connectivity index (χ3n) is 2.23. The highest BCUT2D eigenvalue weighted by molar-refractivity contribution is 5.39. The number of nitrogens with two attached hydrogens (primary N) is 1. The van der Waals surface area contributed by atoms with Crippen LogP contribution in [0.5, 0.6) is 0 Å². The average molecular weight is 213 g/mol. The monoisotopic (exact) mass is 213 g/mol. The van der Waals surface area contributed by atoms with Gasteiger partial charge in [0.2, 0.25) is 0 Å². The molecule has 0 aliphatic carbocycles. The lowest BCUT2D eigenvalue weighted by Gasteiger charge is -2.05. The van der Waals surface area contributed by atoms with Crippen LogP contribution in [0, 0.1) is 6.92 Å². The van der Waals surface area contributed by atoms with E-state index in [2.05, 4.69) is 5.10 Å². The lowest BCUT2D eigenvalue weighted by Crippen LogP contribution is -2.10. The molecule has 1 heterocycles. The Bertz CT molecular complexity index is 286. The summed E-state index contributed by atoms with van der Waals surface area (Å²) in [5, 5.41) is 4.14. The Morgan fingerprint density at radius 3 is 2.80 bits per heavy atom. The number of nitrogens with zero attached hydrogens (tertiary/aromatic N) is 2. The van der Waals surface area contributed by atoms with Crippen LogP contribution in [0.25, 0.3) is 0 Å². The van der Waals surface area contributed by atoms with Crippen molar-refractivity contribution < 1.29 is 9.47 Å². The number of methoxy groups -OCH3 is 1. The lowest BCUT2D eigenvalue weighted by atomic mass is 10.4. The van der Waals surface area contributed by atoms with Gasteiger partial charge >= 0.3 is 0 Å². The van der Waals surface area contributed by atoms with Crippen molar-refractivity contribution in [1.82, 2.24) is 9.78 Å². The Labute approximate surface area is 90.2 Å². The van der Waals surface area contributed by atoms with Gasteiger partial charge in [0, 0.05) is 20.3 Å². The maximum absolute atomic E-state index is 5.67. The predicted molar refractivity (Wildman–Crippen MR) is 58.7 cm³/mol. The second-order valence-electron chi connectivity index (χ2n) is 3.37. The molecular weight excluding hydrogens is 194 g/mol. The molecule has 0 aliphatic rings. The molecule has 0 fully saturated rings. The SMILES string of the molecule is COCCCOCCn1ncc(N)c1C. The molecule has 0 bridgehead atoms. The van der Waals surface area contributed by atoms with E-state index in [0.29, 0.717) is 6.61 Å². The molecule has 0 atom stereocenters. The fourth-order valence-electron chi connectivity index (χ4n) is 1.24. The van der Waals surface area contributed by atoms with Crippen molar-refractivity contribution in [2.75, 3.05) is 32.7 Å². The predicted octanol–water partition coefficient (Wildman–Crippen LogP) is 0.827. The highest BCUT2D eigenvalue weighted by Crippen LogP contribution is 2.07. The van der Waals surface area contributed by atoms with Crippen LogP contribution in [0.3, 0.4) is 0 Å². The second kappa shape index (κ2) is 6.42. The van der Waals surface area contributed by atoms with E-state index in [1.54, 1.807) is 13.3 Å². The Morgan fingerprint density at radius 1 is 1.40 bits per heavy atom. The second-order valence-corrected chi connectivity index (χ2v) is 3.37. The van der Waals surface area contributed by atoms with E-state index < -0.39 is 0 Å². The first-order valence-electron chi connectivity index (χ1n) is 5.10. The molecule has 5 nitrogen and oxygen atoms in total. The topological polar surface area (TPSA) is 62.3 Å². The number of hydrogen-bond donors (Lipinski definition) is 1. The molecule has 0 aromatic carbocycles. The summed E-state index contributed by atoms with van der Waals surface area (Å²) in [6.45, 7) is 4.83. The molecule has 15 heavy (non-hydrogen) atoms. The third kappa shape index (κ3) is 3.89. The van der Waals surface area contributed by atoms with Crippen LogP contribution >= 0.6 is 0 Å². The zero-order valence-corrected chi connectivity index (χ0v) is 9.40. The van der Waals surface area contributed by atoms with Gasteiger partial charge in [0.1, 0.15) is 0 Å². The summed E-state index contributed by atoms with van der Waals surface area (Å²) in [7, 11) is 1.69. The van der Waals surface area contributed by atoms with E-state index in [1.807, 2.05) is 11.6 Å². The van der Waals surface area contributed by atoms with Crippen molar-refractivity contribution in [2.45, 2.75) is 19.9 Å². The van der Waals surface area contributed by atoms with E-state index in [0.717, 1.165) is 37.6 Å². The number of nitrogen functional groups attached to an aromatic ring is 1. The molecule has 0 spiro atoms. The zero-order valence-electron chi connectivity index (χ0n) is 9.40. The average Bonchev–Trinajstić information content (AvgIpc) is 2.54. The Balaban J connectivity index is 2.12. The van der Waals surface area contributed by atoms with Gasteiger partial charge in [0.15, 0.2) is 0 Å². The van der Waals surface area contributed by atoms with Crippen LogP contribution in [0.15, 0.2) is 6.20 Å². The van der Waals surface area contributed by atoms with Crippen LogP contribution in [0.4, 0.5) is 5.69 Å². The molecule has 0 saturated heterocycles. The first-order chi connectivity index (χ1) is 7.25. The summed E-state index contributed by atoms with van der Waals surface area (Å²) in [6.07, 6.45) is 2.59. The van der Waals surface area contributed by atoms with Crippen molar-refractivity contribution >= 4 is 5.69 Å². The maximum atomic E-state index is 5.67. The summed E-state index contributed by atoms with van der Waals surface area (Å²) < 4.78 is 12.2. The zero-order chi connectivity index (χ0) is 11.1. The molecule has 5 heteroatoms. The lowest BCUT2D eigenvalue weighted by molar-refractivity contribution is 0.0958. The van der Waals surface area contributed by atoms with Crippen LogP contribution in [0.1, 0.15) is 12.1 Å². The number of hydrogen-bond acceptors (Lipinski definition) is 4. The molecule has 0 radical (unpaired) electrons. The van der Waals surface area contributed by atoms with Gasteiger partial charge in [0.25, 0.3) is 0 Å². The molecule has 0 saturated carbocycles. The first kappa shape index (κ1) is 12.0. The smallest absolute Gasteiger partial charge is 0.0730 e. The summed E-state index contributed by atoms with van der Waals surface area (Å²) in [5.41, 5.74) is 7.40. The first-order valence-corrected chi connectivity index (χ1v) is 5.10.